The number of esters is 1. The number of nitrogens with zero attached hydrogens (tertiary/aromatic N) is 3. The van der Waals surface area contributed by atoms with Gasteiger partial charge in [-0.15, -0.1) is 0 Å². The van der Waals surface area contributed by atoms with Crippen molar-refractivity contribution in [1.82, 2.24) is 14.5 Å². The Morgan fingerprint density at radius 2 is 1.97 bits per heavy atom. The average molecular weight is 480 g/mol. The van der Waals surface area contributed by atoms with Gasteiger partial charge in [0.1, 0.15) is 11.6 Å². The molecule has 1 aliphatic rings. The van der Waals surface area contributed by atoms with Crippen LogP contribution in [0, 0.1) is 18.7 Å². The quantitative estimate of drug-likeness (QED) is 0.519. The van der Waals surface area contributed by atoms with Gasteiger partial charge in [0.25, 0.3) is 5.56 Å². The Morgan fingerprint density at radius 3 is 2.63 bits per heavy atom. The molecule has 1 aromatic carbocycles. The standard InChI is InChI=1S/C27H30FN3O4/c1-3-35-27(34)19-10-13-30(14-11-19)25(20-7-6-8-21(28)16-20)24-23(32)15-18(2)31(26(24)33)17-22-9-4-5-12-29-22/h4-9,12,15-16,19,25,32H,3,10-11,13-14,17H2,1-2H3/t25-/m1/s1. The molecule has 8 heteroatoms. The largest absolute Gasteiger partial charge is 0.507 e. The number of halogens is 1. The lowest BCUT2D eigenvalue weighted by atomic mass is 9.91. The molecule has 0 unspecified atom stereocenters. The van der Waals surface area contributed by atoms with Crippen LogP contribution < -0.4 is 5.56 Å². The number of carbonyl (C=O) groups excluding carboxylic acids is 1. The molecule has 1 atom stereocenters. The smallest absolute Gasteiger partial charge is 0.309 e. The van der Waals surface area contributed by atoms with Gasteiger partial charge in [0.05, 0.1) is 36.4 Å². The zero-order valence-electron chi connectivity index (χ0n) is 20.0. The highest BCUT2D eigenvalue weighted by Gasteiger charge is 2.34. The highest BCUT2D eigenvalue weighted by atomic mass is 19.1. The number of pyridine rings is 2. The minimum Gasteiger partial charge on any atom is -0.507 e. The van der Waals surface area contributed by atoms with Crippen molar-refractivity contribution in [2.45, 2.75) is 39.3 Å². The summed E-state index contributed by atoms with van der Waals surface area (Å²) < 4.78 is 21.0. The summed E-state index contributed by atoms with van der Waals surface area (Å²) in [6, 6.07) is 12.5. The fraction of sp³-hybridized carbons (Fsp3) is 0.370. The molecule has 1 N–H and O–H groups in total. The number of aromatic hydroxyl groups is 1. The van der Waals surface area contributed by atoms with E-state index in [0.29, 0.717) is 49.5 Å². The predicted octanol–water partition coefficient (Wildman–Crippen LogP) is 3.81. The van der Waals surface area contributed by atoms with Crippen LogP contribution in [0.25, 0.3) is 0 Å². The van der Waals surface area contributed by atoms with Gasteiger partial charge in [0, 0.05) is 11.9 Å². The second kappa shape index (κ2) is 10.8. The molecule has 184 valence electrons. The van der Waals surface area contributed by atoms with E-state index in [9.17, 15) is 19.1 Å². The molecule has 1 fully saturated rings. The first-order valence-electron chi connectivity index (χ1n) is 11.9. The third kappa shape index (κ3) is 5.43. The lowest BCUT2D eigenvalue weighted by molar-refractivity contribution is -0.149. The number of piperidine rings is 1. The number of rotatable bonds is 7. The summed E-state index contributed by atoms with van der Waals surface area (Å²) in [7, 11) is 0. The summed E-state index contributed by atoms with van der Waals surface area (Å²) in [6.45, 7) is 5.12. The van der Waals surface area contributed by atoms with Gasteiger partial charge >= 0.3 is 5.97 Å². The molecule has 35 heavy (non-hydrogen) atoms. The van der Waals surface area contributed by atoms with E-state index in [2.05, 4.69) is 4.98 Å². The van der Waals surface area contributed by atoms with E-state index in [4.69, 9.17) is 4.74 Å². The second-order valence-corrected chi connectivity index (χ2v) is 8.82. The van der Waals surface area contributed by atoms with Crippen LogP contribution in [0.3, 0.4) is 0 Å². The zero-order chi connectivity index (χ0) is 24.9. The Bertz CT molecular complexity index is 1240. The predicted molar refractivity (Wildman–Crippen MR) is 130 cm³/mol. The van der Waals surface area contributed by atoms with E-state index in [0.717, 1.165) is 0 Å². The molecule has 1 aliphatic heterocycles. The van der Waals surface area contributed by atoms with E-state index in [-0.39, 0.29) is 35.3 Å². The first-order chi connectivity index (χ1) is 16.9. The Kier molecular flexibility index (Phi) is 7.60. The summed E-state index contributed by atoms with van der Waals surface area (Å²) in [6.07, 6.45) is 2.78. The minimum absolute atomic E-state index is 0.133. The molecule has 0 bridgehead atoms. The topological polar surface area (TPSA) is 84.7 Å². The van der Waals surface area contributed by atoms with Crippen LogP contribution >= 0.6 is 0 Å². The van der Waals surface area contributed by atoms with Crippen molar-refractivity contribution < 1.29 is 19.0 Å². The molecule has 0 spiro atoms. The van der Waals surface area contributed by atoms with E-state index in [1.165, 1.54) is 12.1 Å². The number of hydrogen-bond donors (Lipinski definition) is 1. The molecule has 0 aliphatic carbocycles. The molecule has 3 aromatic rings. The van der Waals surface area contributed by atoms with Crippen molar-refractivity contribution in [3.8, 4) is 5.75 Å². The van der Waals surface area contributed by atoms with E-state index in [1.807, 2.05) is 17.0 Å². The third-order valence-electron chi connectivity index (χ3n) is 6.52. The molecule has 3 heterocycles. The molecule has 7 nitrogen and oxygen atoms in total. The number of aryl methyl sites for hydroxylation is 1. The maximum Gasteiger partial charge on any atom is 0.309 e. The van der Waals surface area contributed by atoms with Gasteiger partial charge in [-0.1, -0.05) is 18.2 Å². The van der Waals surface area contributed by atoms with E-state index < -0.39 is 11.9 Å². The number of aromatic nitrogens is 2. The van der Waals surface area contributed by atoms with Crippen molar-refractivity contribution in [3.05, 3.63) is 93.4 Å². The first kappa shape index (κ1) is 24.6. The summed E-state index contributed by atoms with van der Waals surface area (Å²) in [5.74, 6) is -0.988. The Morgan fingerprint density at radius 1 is 1.20 bits per heavy atom. The van der Waals surface area contributed by atoms with Gasteiger partial charge in [-0.2, -0.15) is 0 Å². The fourth-order valence-corrected chi connectivity index (χ4v) is 4.77. The summed E-state index contributed by atoms with van der Waals surface area (Å²) in [5, 5.41) is 11.0. The molecule has 2 aromatic heterocycles. The zero-order valence-corrected chi connectivity index (χ0v) is 20.0. The summed E-state index contributed by atoms with van der Waals surface area (Å²) in [4.78, 5) is 32.4. The van der Waals surface area contributed by atoms with Crippen LogP contribution in [0.5, 0.6) is 5.75 Å². The van der Waals surface area contributed by atoms with E-state index in [1.54, 1.807) is 48.9 Å². The first-order valence-corrected chi connectivity index (χ1v) is 11.9. The average Bonchev–Trinajstić information content (AvgIpc) is 2.85. The minimum atomic E-state index is -0.670. The van der Waals surface area contributed by atoms with Crippen LogP contribution in [0.4, 0.5) is 4.39 Å². The van der Waals surface area contributed by atoms with Crippen molar-refractivity contribution in [3.63, 3.8) is 0 Å². The third-order valence-corrected chi connectivity index (χ3v) is 6.52. The molecule has 0 saturated carbocycles. The monoisotopic (exact) mass is 479 g/mol. The SMILES string of the molecule is CCOC(=O)C1CCN([C@H](c2cccc(F)c2)c2c(O)cc(C)n(Cc3ccccn3)c2=O)CC1. The molecule has 0 radical (unpaired) electrons. The normalized spacial score (nSPS) is 15.6. The number of ether oxygens (including phenoxy) is 1. The fourth-order valence-electron chi connectivity index (χ4n) is 4.77. The molecule has 4 rings (SSSR count). The van der Waals surface area contributed by atoms with Gasteiger partial charge in [-0.25, -0.2) is 4.39 Å². The maximum absolute atomic E-state index is 14.3. The van der Waals surface area contributed by atoms with Crippen LogP contribution in [0.15, 0.2) is 59.5 Å². The lowest BCUT2D eigenvalue weighted by Crippen LogP contribution is -2.42. The molecular formula is C27H30FN3O4. The maximum atomic E-state index is 14.3. The Labute approximate surface area is 203 Å². The van der Waals surface area contributed by atoms with Crippen molar-refractivity contribution >= 4 is 5.97 Å². The van der Waals surface area contributed by atoms with Gasteiger partial charge in [-0.05, 0) is 75.7 Å². The Hall–Kier alpha value is -3.52. The highest BCUT2D eigenvalue weighted by Crippen LogP contribution is 2.35. The summed E-state index contributed by atoms with van der Waals surface area (Å²) in [5.41, 5.74) is 1.72. The molecule has 1 saturated heterocycles. The summed E-state index contributed by atoms with van der Waals surface area (Å²) >= 11 is 0. The number of likely N-dealkylation sites (tertiary alicyclic amines) is 1. The van der Waals surface area contributed by atoms with Gasteiger partial charge in [-0.3, -0.25) is 19.5 Å². The van der Waals surface area contributed by atoms with Crippen molar-refractivity contribution in [1.29, 1.82) is 0 Å². The van der Waals surface area contributed by atoms with Crippen LogP contribution in [-0.4, -0.2) is 45.2 Å². The second-order valence-electron chi connectivity index (χ2n) is 8.82. The highest BCUT2D eigenvalue weighted by molar-refractivity contribution is 5.72. The Balaban J connectivity index is 1.75. The van der Waals surface area contributed by atoms with Gasteiger partial charge < -0.3 is 14.4 Å². The number of hydrogen-bond acceptors (Lipinski definition) is 6. The van der Waals surface area contributed by atoms with E-state index >= 15 is 0 Å². The molecular weight excluding hydrogens is 449 g/mol. The van der Waals surface area contributed by atoms with Crippen LogP contribution in [-0.2, 0) is 16.1 Å². The van der Waals surface area contributed by atoms with Crippen molar-refractivity contribution in [2.24, 2.45) is 5.92 Å². The van der Waals surface area contributed by atoms with Crippen LogP contribution in [0.1, 0.15) is 48.3 Å². The van der Waals surface area contributed by atoms with Crippen LogP contribution in [0.2, 0.25) is 0 Å². The molecule has 0 amide bonds. The number of benzene rings is 1. The lowest BCUT2D eigenvalue weighted by Gasteiger charge is -2.37. The van der Waals surface area contributed by atoms with Gasteiger partial charge in [0.2, 0.25) is 0 Å². The van der Waals surface area contributed by atoms with Gasteiger partial charge in [0.15, 0.2) is 0 Å². The number of carbonyl (C=O) groups is 1. The van der Waals surface area contributed by atoms with Crippen molar-refractivity contribution in [2.75, 3.05) is 19.7 Å².